The first kappa shape index (κ1) is 25.6. The molecule has 3 rings (SSSR count). The summed E-state index contributed by atoms with van der Waals surface area (Å²) in [5.41, 5.74) is 4.86. The summed E-state index contributed by atoms with van der Waals surface area (Å²) >= 11 is 0. The molecule has 8 heteroatoms. The second-order valence-electron chi connectivity index (χ2n) is 9.19. The monoisotopic (exact) mass is 467 g/mol. The minimum atomic E-state index is -0.467. The Hall–Kier alpha value is -3.00. The maximum Gasteiger partial charge on any atom is 0.357 e. The van der Waals surface area contributed by atoms with Crippen LogP contribution in [0.1, 0.15) is 61.1 Å². The van der Waals surface area contributed by atoms with Crippen LogP contribution in [0.3, 0.4) is 0 Å². The Morgan fingerprint density at radius 3 is 2.38 bits per heavy atom. The van der Waals surface area contributed by atoms with Crippen LogP contribution in [0.4, 0.5) is 17.2 Å². The Kier molecular flexibility index (Phi) is 8.61. The van der Waals surface area contributed by atoms with Gasteiger partial charge in [-0.3, -0.25) is 4.98 Å². The number of piperidine rings is 1. The van der Waals surface area contributed by atoms with Gasteiger partial charge in [-0.2, -0.15) is 0 Å². The molecule has 2 N–H and O–H groups in total. The third-order valence-electron chi connectivity index (χ3n) is 6.03. The molecule has 0 bridgehead atoms. The number of esters is 1. The minimum absolute atomic E-state index is 0.0125. The number of aromatic nitrogens is 2. The molecule has 3 heterocycles. The van der Waals surface area contributed by atoms with E-state index in [4.69, 9.17) is 14.9 Å². The number of rotatable bonds is 9. The highest BCUT2D eigenvalue weighted by atomic mass is 16.5. The molecule has 1 fully saturated rings. The third kappa shape index (κ3) is 6.11. The number of carbonyl (C=O) groups excluding carboxylic acids is 1. The van der Waals surface area contributed by atoms with Crippen LogP contribution < -0.4 is 10.2 Å². The number of ether oxygens (including phenoxy) is 2. The predicted molar refractivity (Wildman–Crippen MR) is 136 cm³/mol. The largest absolute Gasteiger partial charge is 0.461 e. The van der Waals surface area contributed by atoms with Gasteiger partial charge in [-0.15, -0.1) is 0 Å². The fourth-order valence-corrected chi connectivity index (χ4v) is 4.35. The van der Waals surface area contributed by atoms with Crippen LogP contribution in [0, 0.1) is 31.1 Å². The first-order chi connectivity index (χ1) is 16.2. The number of carbonyl (C=O) groups is 1. The van der Waals surface area contributed by atoms with Crippen LogP contribution in [0.25, 0.3) is 0 Å². The fraction of sp³-hybridized carbons (Fsp3) is 0.538. The molecular formula is C26H37N5O3. The van der Waals surface area contributed by atoms with E-state index in [1.807, 2.05) is 39.8 Å². The first-order valence-electron chi connectivity index (χ1n) is 12.0. The molecule has 2 aromatic heterocycles. The highest BCUT2D eigenvalue weighted by Gasteiger charge is 2.28. The van der Waals surface area contributed by atoms with E-state index in [0.29, 0.717) is 17.4 Å². The lowest BCUT2D eigenvalue weighted by atomic mass is 9.94. The van der Waals surface area contributed by atoms with Crippen molar-refractivity contribution in [3.05, 3.63) is 40.8 Å². The lowest BCUT2D eigenvalue weighted by Crippen LogP contribution is -2.36. The van der Waals surface area contributed by atoms with Crippen molar-refractivity contribution in [3.8, 4) is 0 Å². The summed E-state index contributed by atoms with van der Waals surface area (Å²) in [5, 5.41) is 12.3. The molecule has 2 aromatic rings. The average molecular weight is 468 g/mol. The van der Waals surface area contributed by atoms with Gasteiger partial charge < -0.3 is 25.1 Å². The minimum Gasteiger partial charge on any atom is -0.461 e. The van der Waals surface area contributed by atoms with E-state index in [1.54, 1.807) is 20.1 Å². The van der Waals surface area contributed by atoms with E-state index < -0.39 is 5.97 Å². The zero-order valence-corrected chi connectivity index (χ0v) is 21.2. The topological polar surface area (TPSA) is 100 Å². The molecule has 0 amide bonds. The molecular weight excluding hydrogens is 430 g/mol. The molecule has 0 saturated carbocycles. The average Bonchev–Trinajstić information content (AvgIpc) is 2.78. The number of pyridine rings is 2. The van der Waals surface area contributed by atoms with Crippen molar-refractivity contribution in [2.24, 2.45) is 11.8 Å². The van der Waals surface area contributed by atoms with Crippen molar-refractivity contribution in [1.82, 2.24) is 9.97 Å². The van der Waals surface area contributed by atoms with Crippen molar-refractivity contribution in [3.63, 3.8) is 0 Å². The van der Waals surface area contributed by atoms with Gasteiger partial charge in [-0.1, -0.05) is 13.8 Å². The van der Waals surface area contributed by atoms with Gasteiger partial charge in [0.05, 0.1) is 17.9 Å². The quantitative estimate of drug-likeness (QED) is 0.399. The van der Waals surface area contributed by atoms with Gasteiger partial charge in [0.25, 0.3) is 0 Å². The maximum atomic E-state index is 12.7. The lowest BCUT2D eigenvalue weighted by Gasteiger charge is -2.35. The van der Waals surface area contributed by atoms with Crippen LogP contribution >= 0.6 is 0 Å². The van der Waals surface area contributed by atoms with E-state index in [-0.39, 0.29) is 18.2 Å². The molecule has 8 nitrogen and oxygen atoms in total. The molecule has 1 saturated heterocycles. The van der Waals surface area contributed by atoms with Crippen LogP contribution in [-0.2, 0) is 9.47 Å². The number of nitrogens with zero attached hydrogens (tertiary/aromatic N) is 3. The highest BCUT2D eigenvalue weighted by molar-refractivity contribution is 6.09. The molecule has 1 aliphatic rings. The van der Waals surface area contributed by atoms with Crippen molar-refractivity contribution in [2.75, 3.05) is 43.6 Å². The number of aryl methyl sites for hydroxylation is 2. The van der Waals surface area contributed by atoms with Gasteiger partial charge in [0.15, 0.2) is 5.69 Å². The number of anilines is 3. The number of hydrogen-bond donors (Lipinski definition) is 2. The third-order valence-corrected chi connectivity index (χ3v) is 6.03. The van der Waals surface area contributed by atoms with Crippen molar-refractivity contribution >= 4 is 28.9 Å². The molecule has 0 atom stereocenters. The van der Waals surface area contributed by atoms with Gasteiger partial charge >= 0.3 is 5.97 Å². The fourth-order valence-electron chi connectivity index (χ4n) is 4.35. The first-order valence-corrected chi connectivity index (χ1v) is 12.0. The second kappa shape index (κ2) is 11.4. The van der Waals surface area contributed by atoms with Gasteiger partial charge in [-0.05, 0) is 63.6 Å². The van der Waals surface area contributed by atoms with Crippen molar-refractivity contribution in [2.45, 2.75) is 47.5 Å². The summed E-state index contributed by atoms with van der Waals surface area (Å²) in [6.45, 7) is 12.3. The molecule has 34 heavy (non-hydrogen) atoms. The summed E-state index contributed by atoms with van der Waals surface area (Å²) in [6.07, 6.45) is 1.98. The Bertz CT molecular complexity index is 1010. The highest BCUT2D eigenvalue weighted by Crippen LogP contribution is 2.34. The smallest absolute Gasteiger partial charge is 0.357 e. The predicted octanol–water partition coefficient (Wildman–Crippen LogP) is 4.90. The van der Waals surface area contributed by atoms with Gasteiger partial charge in [0.2, 0.25) is 0 Å². The van der Waals surface area contributed by atoms with Crippen LogP contribution in [0.2, 0.25) is 0 Å². The molecule has 184 valence electrons. The van der Waals surface area contributed by atoms with Gasteiger partial charge in [0.1, 0.15) is 5.82 Å². The Labute approximate surface area is 202 Å². The van der Waals surface area contributed by atoms with Crippen molar-refractivity contribution < 1.29 is 14.3 Å². The zero-order chi connectivity index (χ0) is 24.8. The van der Waals surface area contributed by atoms with E-state index in [0.717, 1.165) is 60.9 Å². The molecule has 0 radical (unpaired) electrons. The summed E-state index contributed by atoms with van der Waals surface area (Å²) in [4.78, 5) is 24.1. The standard InChI is InChI=1S/C26H37N5O3/c1-7-34-26(32)21-14-22(31-10-8-19(9-11-31)15-33-6)23(24(27)16(2)3)25(30-21)29-20-12-17(4)28-18(5)13-20/h12-14,16,19,27H,7-11,15H2,1-6H3,(H,28,29,30). The number of methoxy groups -OCH3 is 1. The Morgan fingerprint density at radius 1 is 1.18 bits per heavy atom. The van der Waals surface area contributed by atoms with E-state index >= 15 is 0 Å². The summed E-state index contributed by atoms with van der Waals surface area (Å²) in [6, 6.07) is 5.66. The molecule has 1 aliphatic heterocycles. The summed E-state index contributed by atoms with van der Waals surface area (Å²) in [7, 11) is 1.74. The van der Waals surface area contributed by atoms with E-state index in [1.165, 1.54) is 0 Å². The SMILES string of the molecule is CCOC(=O)c1cc(N2CCC(COC)CC2)c(C(=N)C(C)C)c(Nc2cc(C)nc(C)c2)n1. The Balaban J connectivity index is 2.12. The molecule has 0 aliphatic carbocycles. The Morgan fingerprint density at radius 2 is 1.82 bits per heavy atom. The molecule has 0 spiro atoms. The molecule has 0 aromatic carbocycles. The lowest BCUT2D eigenvalue weighted by molar-refractivity contribution is 0.0519. The maximum absolute atomic E-state index is 12.7. The summed E-state index contributed by atoms with van der Waals surface area (Å²) in [5.74, 6) is 0.525. The zero-order valence-electron chi connectivity index (χ0n) is 21.2. The van der Waals surface area contributed by atoms with Crippen LogP contribution in [0.5, 0.6) is 0 Å². The van der Waals surface area contributed by atoms with E-state index in [9.17, 15) is 4.79 Å². The van der Waals surface area contributed by atoms with Gasteiger partial charge in [-0.25, -0.2) is 9.78 Å². The van der Waals surface area contributed by atoms with Crippen LogP contribution in [-0.4, -0.2) is 55.1 Å². The normalized spacial score (nSPS) is 14.4. The van der Waals surface area contributed by atoms with Crippen molar-refractivity contribution in [1.29, 1.82) is 5.41 Å². The number of hydrogen-bond acceptors (Lipinski definition) is 8. The van der Waals surface area contributed by atoms with Gasteiger partial charge in [0, 0.05) is 49.6 Å². The van der Waals surface area contributed by atoms with E-state index in [2.05, 4.69) is 20.2 Å². The molecule has 0 unspecified atom stereocenters. The van der Waals surface area contributed by atoms with Crippen LogP contribution in [0.15, 0.2) is 18.2 Å². The number of nitrogens with one attached hydrogen (secondary N) is 2. The summed E-state index contributed by atoms with van der Waals surface area (Å²) < 4.78 is 10.6. The second-order valence-corrected chi connectivity index (χ2v) is 9.19.